The first-order valence-corrected chi connectivity index (χ1v) is 11.6. The van der Waals surface area contributed by atoms with Gasteiger partial charge in [-0.05, 0) is 53.8 Å². The normalized spacial score (nSPS) is 11.6. The van der Waals surface area contributed by atoms with Crippen LogP contribution in [0.1, 0.15) is 30.6 Å². The van der Waals surface area contributed by atoms with Crippen molar-refractivity contribution in [3.63, 3.8) is 0 Å². The Hall–Kier alpha value is -3.33. The molecule has 0 saturated heterocycles. The molecule has 3 aromatic carbocycles. The van der Waals surface area contributed by atoms with Crippen molar-refractivity contribution in [1.29, 1.82) is 5.26 Å². The van der Waals surface area contributed by atoms with E-state index >= 15 is 0 Å². The molecule has 0 saturated carbocycles. The third-order valence-corrected chi connectivity index (χ3v) is 6.02. The Kier molecular flexibility index (Phi) is 8.33. The van der Waals surface area contributed by atoms with E-state index in [1.165, 1.54) is 7.05 Å². The van der Waals surface area contributed by atoms with Crippen LogP contribution in [0, 0.1) is 17.4 Å². The van der Waals surface area contributed by atoms with E-state index in [-0.39, 0.29) is 5.92 Å². The van der Waals surface area contributed by atoms with Gasteiger partial charge in [0.2, 0.25) is 0 Å². The Labute approximate surface area is 209 Å². The van der Waals surface area contributed by atoms with E-state index in [1.54, 1.807) is 24.3 Å². The van der Waals surface area contributed by atoms with Crippen molar-refractivity contribution in [2.45, 2.75) is 26.3 Å². The number of hydrogen-bond donors (Lipinski definition) is 1. The summed E-state index contributed by atoms with van der Waals surface area (Å²) in [6.45, 7) is 3.90. The van der Waals surface area contributed by atoms with Crippen LogP contribution in [0.3, 0.4) is 0 Å². The maximum Gasteiger partial charge on any atom is 0.257 e. The summed E-state index contributed by atoms with van der Waals surface area (Å²) in [4.78, 5) is 27.0. The number of likely N-dealkylation sites (N-methyl/N-ethyl adjacent to an activating group) is 1. The Morgan fingerprint density at radius 3 is 1.88 bits per heavy atom. The highest BCUT2D eigenvalue weighted by molar-refractivity contribution is 6.34. The van der Waals surface area contributed by atoms with Crippen LogP contribution in [0.25, 0.3) is 22.3 Å². The fourth-order valence-electron chi connectivity index (χ4n) is 3.68. The molecule has 0 aromatic heterocycles. The molecule has 1 atom stereocenters. The number of carbonyl (C=O) groups excluding carboxylic acids is 2. The molecule has 34 heavy (non-hydrogen) atoms. The number of nitriles is 1. The van der Waals surface area contributed by atoms with E-state index in [9.17, 15) is 9.59 Å². The summed E-state index contributed by atoms with van der Waals surface area (Å²) in [5.41, 5.74) is 3.38. The topological polar surface area (TPSA) is 73.2 Å². The Morgan fingerprint density at radius 2 is 1.44 bits per heavy atom. The Balaban J connectivity index is 2.08. The van der Waals surface area contributed by atoms with Gasteiger partial charge in [-0.3, -0.25) is 14.5 Å². The summed E-state index contributed by atoms with van der Waals surface area (Å²) in [7, 11) is 1.38. The van der Waals surface area contributed by atoms with E-state index in [2.05, 4.69) is 5.32 Å². The minimum absolute atomic E-state index is 0.134. The molecule has 0 unspecified atom stereocenters. The van der Waals surface area contributed by atoms with Crippen LogP contribution in [0.15, 0.2) is 66.7 Å². The number of rotatable bonds is 7. The van der Waals surface area contributed by atoms with Crippen molar-refractivity contribution < 1.29 is 9.59 Å². The SMILES string of the molecule is CC(C)C[C@H](NC(=O)c1cc(-c2ccccc2Cl)cc(-c2ccccc2Cl)c1)C(=O)N(C)C#N. The van der Waals surface area contributed by atoms with E-state index in [0.29, 0.717) is 22.0 Å². The molecule has 5 nitrogen and oxygen atoms in total. The van der Waals surface area contributed by atoms with Crippen LogP contribution >= 0.6 is 23.2 Å². The van der Waals surface area contributed by atoms with Crippen molar-refractivity contribution >= 4 is 35.0 Å². The fraction of sp³-hybridized carbons (Fsp3) is 0.222. The second-order valence-corrected chi connectivity index (χ2v) is 9.23. The molecule has 0 aliphatic carbocycles. The van der Waals surface area contributed by atoms with Gasteiger partial charge in [-0.25, -0.2) is 0 Å². The third kappa shape index (κ3) is 5.96. The average Bonchev–Trinajstić information content (AvgIpc) is 2.82. The standard InChI is InChI=1S/C27H25Cl2N3O2/c1-17(2)12-25(27(34)32(3)16-30)31-26(33)20-14-18(21-8-4-6-10-23(21)28)13-19(15-20)22-9-5-7-11-24(22)29/h4-11,13-15,17,25H,12H2,1-3H3,(H,31,33)/t25-/m0/s1. The second kappa shape index (κ2) is 11.2. The number of benzene rings is 3. The summed E-state index contributed by atoms with van der Waals surface area (Å²) in [5.74, 6) is -0.750. The largest absolute Gasteiger partial charge is 0.340 e. The fourth-order valence-corrected chi connectivity index (χ4v) is 4.17. The molecule has 2 amide bonds. The molecule has 0 aliphatic rings. The molecule has 0 bridgehead atoms. The molecule has 0 heterocycles. The second-order valence-electron chi connectivity index (χ2n) is 8.41. The lowest BCUT2D eigenvalue weighted by atomic mass is 9.95. The molecular weight excluding hydrogens is 469 g/mol. The summed E-state index contributed by atoms with van der Waals surface area (Å²) < 4.78 is 0. The van der Waals surface area contributed by atoms with Gasteiger partial charge in [0.05, 0.1) is 0 Å². The van der Waals surface area contributed by atoms with Gasteiger partial charge >= 0.3 is 0 Å². The van der Waals surface area contributed by atoms with E-state index in [4.69, 9.17) is 28.5 Å². The summed E-state index contributed by atoms with van der Waals surface area (Å²) in [6, 6.07) is 19.3. The van der Waals surface area contributed by atoms with Crippen LogP contribution in [-0.2, 0) is 4.79 Å². The lowest BCUT2D eigenvalue weighted by Gasteiger charge is -2.22. The molecule has 0 aliphatic heterocycles. The maximum absolute atomic E-state index is 13.4. The van der Waals surface area contributed by atoms with Crippen molar-refractivity contribution in [1.82, 2.24) is 10.2 Å². The first kappa shape index (κ1) is 25.3. The zero-order chi connectivity index (χ0) is 24.8. The molecule has 0 radical (unpaired) electrons. The Morgan fingerprint density at radius 1 is 0.941 bits per heavy atom. The molecule has 174 valence electrons. The van der Waals surface area contributed by atoms with E-state index in [0.717, 1.165) is 27.2 Å². The molecule has 7 heteroatoms. The van der Waals surface area contributed by atoms with Gasteiger partial charge in [-0.1, -0.05) is 73.4 Å². The van der Waals surface area contributed by atoms with Gasteiger partial charge in [-0.2, -0.15) is 5.26 Å². The summed E-state index contributed by atoms with van der Waals surface area (Å²) >= 11 is 12.9. The third-order valence-electron chi connectivity index (χ3n) is 5.36. The number of carbonyl (C=O) groups is 2. The first-order valence-electron chi connectivity index (χ1n) is 10.8. The molecule has 1 N–H and O–H groups in total. The summed E-state index contributed by atoms with van der Waals surface area (Å²) in [6.07, 6.45) is 2.21. The van der Waals surface area contributed by atoms with Crippen molar-refractivity contribution in [2.24, 2.45) is 5.92 Å². The minimum atomic E-state index is -0.829. The van der Waals surface area contributed by atoms with Gasteiger partial charge in [0.25, 0.3) is 11.8 Å². The van der Waals surface area contributed by atoms with Crippen LogP contribution in [-0.4, -0.2) is 29.8 Å². The molecule has 0 fully saturated rings. The van der Waals surface area contributed by atoms with Crippen molar-refractivity contribution in [2.75, 3.05) is 7.05 Å². The van der Waals surface area contributed by atoms with Crippen LogP contribution in [0.2, 0.25) is 10.0 Å². The Bertz CT molecular complexity index is 1190. The molecule has 0 spiro atoms. The van der Waals surface area contributed by atoms with E-state index < -0.39 is 17.9 Å². The van der Waals surface area contributed by atoms with Gasteiger partial charge in [0.15, 0.2) is 6.19 Å². The smallest absolute Gasteiger partial charge is 0.257 e. The predicted molar refractivity (Wildman–Crippen MR) is 136 cm³/mol. The predicted octanol–water partition coefficient (Wildman–Crippen LogP) is 6.41. The van der Waals surface area contributed by atoms with Gasteiger partial charge < -0.3 is 5.32 Å². The van der Waals surface area contributed by atoms with Crippen molar-refractivity contribution in [3.8, 4) is 28.4 Å². The maximum atomic E-state index is 13.4. The zero-order valence-electron chi connectivity index (χ0n) is 19.2. The number of halogens is 2. The summed E-state index contributed by atoms with van der Waals surface area (Å²) in [5, 5.41) is 13.1. The van der Waals surface area contributed by atoms with Gasteiger partial charge in [0, 0.05) is 33.8 Å². The molecular formula is C27H25Cl2N3O2. The number of nitrogens with one attached hydrogen (secondary N) is 1. The highest BCUT2D eigenvalue weighted by Crippen LogP contribution is 2.35. The number of nitrogens with zero attached hydrogens (tertiary/aromatic N) is 2. The lowest BCUT2D eigenvalue weighted by Crippen LogP contribution is -2.46. The molecule has 3 rings (SSSR count). The van der Waals surface area contributed by atoms with Gasteiger partial charge in [0.1, 0.15) is 6.04 Å². The number of amides is 2. The van der Waals surface area contributed by atoms with Crippen molar-refractivity contribution in [3.05, 3.63) is 82.3 Å². The molecule has 3 aromatic rings. The highest BCUT2D eigenvalue weighted by Gasteiger charge is 2.26. The van der Waals surface area contributed by atoms with E-state index in [1.807, 2.05) is 62.5 Å². The minimum Gasteiger partial charge on any atom is -0.340 e. The first-order chi connectivity index (χ1) is 16.2. The average molecular weight is 494 g/mol. The number of hydrogen-bond acceptors (Lipinski definition) is 3. The highest BCUT2D eigenvalue weighted by atomic mass is 35.5. The lowest BCUT2D eigenvalue weighted by molar-refractivity contribution is -0.129. The monoisotopic (exact) mass is 493 g/mol. The zero-order valence-corrected chi connectivity index (χ0v) is 20.7. The van der Waals surface area contributed by atoms with Crippen LogP contribution in [0.5, 0.6) is 0 Å². The van der Waals surface area contributed by atoms with Gasteiger partial charge in [-0.15, -0.1) is 0 Å². The van der Waals surface area contributed by atoms with Crippen LogP contribution < -0.4 is 5.32 Å². The quantitative estimate of drug-likeness (QED) is 0.305. The van der Waals surface area contributed by atoms with Crippen LogP contribution in [0.4, 0.5) is 0 Å².